The normalized spacial score (nSPS) is 13.1. The van der Waals surface area contributed by atoms with Crippen molar-refractivity contribution < 1.29 is 9.47 Å². The highest BCUT2D eigenvalue weighted by Gasteiger charge is 2.15. The summed E-state index contributed by atoms with van der Waals surface area (Å²) in [6, 6.07) is 8.41. The smallest absolute Gasteiger partial charge is 0.171 e. The molecule has 1 aromatic carbocycles. The van der Waals surface area contributed by atoms with Crippen molar-refractivity contribution in [2.45, 2.75) is 25.8 Å². The molecule has 1 N–H and O–H groups in total. The lowest BCUT2D eigenvalue weighted by molar-refractivity contribution is -0.119. The maximum absolute atomic E-state index is 5.24. The number of rotatable bonds is 6. The molecule has 4 heteroatoms. The molecule has 0 bridgehead atoms. The highest BCUT2D eigenvalue weighted by molar-refractivity contribution is 5.84. The second-order valence-electron chi connectivity index (χ2n) is 4.52. The van der Waals surface area contributed by atoms with Crippen molar-refractivity contribution in [2.24, 2.45) is 0 Å². The van der Waals surface area contributed by atoms with E-state index < -0.39 is 0 Å². The Bertz CT molecular complexity index is 521. The lowest BCUT2D eigenvalue weighted by atomic mass is 10.1. The molecular formula is C15H20N2O2. The zero-order valence-electron chi connectivity index (χ0n) is 11.6. The molecule has 0 aliphatic rings. The average Bonchev–Trinajstić information content (AvgIpc) is 2.46. The first-order chi connectivity index (χ1) is 9.26. The predicted molar refractivity (Wildman–Crippen MR) is 75.9 cm³/mol. The monoisotopic (exact) mass is 260 g/mol. The van der Waals surface area contributed by atoms with Crippen molar-refractivity contribution in [1.82, 2.24) is 10.3 Å². The maximum Gasteiger partial charge on any atom is 0.171 e. The number of nitrogens with zero attached hydrogens (tertiary/aromatic N) is 1. The van der Waals surface area contributed by atoms with Crippen LogP contribution in [0.25, 0.3) is 10.8 Å². The third-order valence-corrected chi connectivity index (χ3v) is 3.26. The van der Waals surface area contributed by atoms with Crippen molar-refractivity contribution in [3.05, 3.63) is 42.2 Å². The van der Waals surface area contributed by atoms with E-state index in [0.717, 1.165) is 11.9 Å². The van der Waals surface area contributed by atoms with Crippen molar-refractivity contribution in [1.29, 1.82) is 0 Å². The van der Waals surface area contributed by atoms with Crippen LogP contribution in [0.2, 0.25) is 0 Å². The van der Waals surface area contributed by atoms with Gasteiger partial charge in [0.1, 0.15) is 0 Å². The second kappa shape index (κ2) is 6.61. The zero-order chi connectivity index (χ0) is 13.7. The summed E-state index contributed by atoms with van der Waals surface area (Å²) in [7, 11) is 3.30. The summed E-state index contributed by atoms with van der Waals surface area (Å²) < 4.78 is 10.5. The summed E-state index contributed by atoms with van der Waals surface area (Å²) in [5.41, 5.74) is 1.25. The molecule has 1 atom stereocenters. The van der Waals surface area contributed by atoms with Crippen molar-refractivity contribution in [3.8, 4) is 0 Å². The van der Waals surface area contributed by atoms with Gasteiger partial charge in [0.15, 0.2) is 6.29 Å². The van der Waals surface area contributed by atoms with Gasteiger partial charge in [-0.25, -0.2) is 0 Å². The number of nitrogens with one attached hydrogen (secondary N) is 1. The van der Waals surface area contributed by atoms with E-state index in [1.165, 1.54) is 10.9 Å². The molecule has 1 unspecified atom stereocenters. The fourth-order valence-corrected chi connectivity index (χ4v) is 2.22. The Kier molecular flexibility index (Phi) is 4.85. The topological polar surface area (TPSA) is 43.4 Å². The van der Waals surface area contributed by atoms with Crippen LogP contribution in [-0.2, 0) is 16.0 Å². The number of aromatic nitrogens is 1. The molecule has 0 fully saturated rings. The molecule has 0 amide bonds. The third-order valence-electron chi connectivity index (χ3n) is 3.26. The Morgan fingerprint density at radius 3 is 2.74 bits per heavy atom. The largest absolute Gasteiger partial charge is 0.354 e. The van der Waals surface area contributed by atoms with Gasteiger partial charge in [-0.1, -0.05) is 18.2 Å². The molecule has 1 aromatic heterocycles. The molecule has 0 saturated heterocycles. The van der Waals surface area contributed by atoms with Gasteiger partial charge in [0.25, 0.3) is 0 Å². The van der Waals surface area contributed by atoms with Gasteiger partial charge in [0, 0.05) is 38.5 Å². The number of benzene rings is 1. The second-order valence-corrected chi connectivity index (χ2v) is 4.52. The van der Waals surface area contributed by atoms with Crippen molar-refractivity contribution in [3.63, 3.8) is 0 Å². The Labute approximate surface area is 113 Å². The molecule has 19 heavy (non-hydrogen) atoms. The van der Waals surface area contributed by atoms with E-state index in [9.17, 15) is 0 Å². The third kappa shape index (κ3) is 3.29. The van der Waals surface area contributed by atoms with Gasteiger partial charge in [-0.05, 0) is 23.9 Å². The minimum atomic E-state index is -0.239. The van der Waals surface area contributed by atoms with Gasteiger partial charge in [-0.3, -0.25) is 4.98 Å². The van der Waals surface area contributed by atoms with Crippen LogP contribution in [0.4, 0.5) is 0 Å². The van der Waals surface area contributed by atoms with Crippen LogP contribution in [-0.4, -0.2) is 31.5 Å². The van der Waals surface area contributed by atoms with Crippen LogP contribution in [0.5, 0.6) is 0 Å². The molecule has 0 aliphatic heterocycles. The Balaban J connectivity index is 2.09. The van der Waals surface area contributed by atoms with Crippen molar-refractivity contribution in [2.75, 3.05) is 14.2 Å². The van der Waals surface area contributed by atoms with Crippen LogP contribution in [0.1, 0.15) is 12.5 Å². The lowest BCUT2D eigenvalue weighted by Crippen LogP contribution is -2.39. The molecule has 102 valence electrons. The number of hydrogen-bond donors (Lipinski definition) is 1. The van der Waals surface area contributed by atoms with Gasteiger partial charge >= 0.3 is 0 Å². The van der Waals surface area contributed by atoms with Gasteiger partial charge in [0.05, 0.1) is 6.04 Å². The highest BCUT2D eigenvalue weighted by Crippen LogP contribution is 2.17. The molecule has 4 nitrogen and oxygen atoms in total. The van der Waals surface area contributed by atoms with Gasteiger partial charge in [-0.15, -0.1) is 0 Å². The first-order valence-corrected chi connectivity index (χ1v) is 6.37. The van der Waals surface area contributed by atoms with Gasteiger partial charge in [-0.2, -0.15) is 0 Å². The highest BCUT2D eigenvalue weighted by atomic mass is 16.7. The van der Waals surface area contributed by atoms with Crippen LogP contribution in [0.3, 0.4) is 0 Å². The van der Waals surface area contributed by atoms with E-state index in [1.807, 2.05) is 25.4 Å². The molecule has 0 spiro atoms. The molecule has 0 radical (unpaired) electrons. The summed E-state index contributed by atoms with van der Waals surface area (Å²) >= 11 is 0. The van der Waals surface area contributed by atoms with Crippen LogP contribution >= 0.6 is 0 Å². The van der Waals surface area contributed by atoms with Gasteiger partial charge < -0.3 is 14.8 Å². The zero-order valence-corrected chi connectivity index (χ0v) is 11.6. The Morgan fingerprint density at radius 1 is 1.21 bits per heavy atom. The van der Waals surface area contributed by atoms with E-state index in [2.05, 4.69) is 28.5 Å². The fourth-order valence-electron chi connectivity index (χ4n) is 2.22. The minimum absolute atomic E-state index is 0.118. The summed E-state index contributed by atoms with van der Waals surface area (Å²) in [5.74, 6) is 0. The van der Waals surface area contributed by atoms with Crippen molar-refractivity contribution >= 4 is 10.8 Å². The summed E-state index contributed by atoms with van der Waals surface area (Å²) in [6.45, 7) is 2.82. The SMILES string of the molecule is COC(OC)C(C)NCc1cccc2cnccc12. The number of pyridine rings is 1. The minimum Gasteiger partial charge on any atom is -0.354 e. The maximum atomic E-state index is 5.24. The lowest BCUT2D eigenvalue weighted by Gasteiger charge is -2.22. The van der Waals surface area contributed by atoms with E-state index in [1.54, 1.807) is 14.2 Å². The van der Waals surface area contributed by atoms with Crippen LogP contribution < -0.4 is 5.32 Å². The number of fused-ring (bicyclic) bond motifs is 1. The summed E-state index contributed by atoms with van der Waals surface area (Å²) in [5, 5.41) is 5.81. The first kappa shape index (κ1) is 13.9. The first-order valence-electron chi connectivity index (χ1n) is 6.37. The molecular weight excluding hydrogens is 240 g/mol. The van der Waals surface area contributed by atoms with Crippen LogP contribution in [0, 0.1) is 0 Å². The number of methoxy groups -OCH3 is 2. The molecule has 0 saturated carbocycles. The standard InChI is InChI=1S/C15H20N2O2/c1-11(15(18-2)19-3)17-10-13-6-4-5-12-9-16-8-7-14(12)13/h4-9,11,15,17H,10H2,1-3H3. The van der Waals surface area contributed by atoms with Crippen LogP contribution in [0.15, 0.2) is 36.7 Å². The molecule has 2 aromatic rings. The number of ether oxygens (including phenoxy) is 2. The molecule has 0 aliphatic carbocycles. The Hall–Kier alpha value is -1.49. The molecule has 2 rings (SSSR count). The number of hydrogen-bond acceptors (Lipinski definition) is 4. The Morgan fingerprint density at radius 2 is 2.00 bits per heavy atom. The summed E-state index contributed by atoms with van der Waals surface area (Å²) in [4.78, 5) is 4.14. The van der Waals surface area contributed by atoms with E-state index in [4.69, 9.17) is 9.47 Å². The fraction of sp³-hybridized carbons (Fsp3) is 0.400. The predicted octanol–water partition coefficient (Wildman–Crippen LogP) is 2.33. The average molecular weight is 260 g/mol. The van der Waals surface area contributed by atoms with Gasteiger partial charge in [0.2, 0.25) is 0 Å². The molecule has 1 heterocycles. The summed E-state index contributed by atoms with van der Waals surface area (Å²) in [6.07, 6.45) is 3.47. The van der Waals surface area contributed by atoms with E-state index >= 15 is 0 Å². The quantitative estimate of drug-likeness (QED) is 0.810. The van der Waals surface area contributed by atoms with E-state index in [0.29, 0.717) is 0 Å². The van der Waals surface area contributed by atoms with E-state index in [-0.39, 0.29) is 12.3 Å².